The smallest absolute Gasteiger partial charge is 0.224 e. The molecule has 1 aliphatic heterocycles. The van der Waals surface area contributed by atoms with Gasteiger partial charge in [0.05, 0.1) is 24.6 Å². The molecule has 0 aliphatic carbocycles. The van der Waals surface area contributed by atoms with E-state index in [0.717, 1.165) is 24.6 Å². The molecule has 3 heterocycles. The molecule has 0 amide bonds. The minimum absolute atomic E-state index is 0.396. The molecule has 0 N–H and O–H groups in total. The van der Waals surface area contributed by atoms with Gasteiger partial charge in [0.15, 0.2) is 6.20 Å². The van der Waals surface area contributed by atoms with Crippen molar-refractivity contribution in [1.82, 2.24) is 10.1 Å². The van der Waals surface area contributed by atoms with E-state index in [1.807, 2.05) is 11.8 Å². The van der Waals surface area contributed by atoms with Crippen molar-refractivity contribution in [2.75, 3.05) is 6.61 Å². The van der Waals surface area contributed by atoms with Gasteiger partial charge in [-0.15, -0.1) is 0 Å². The molecule has 146 valence electrons. The second-order valence-corrected chi connectivity index (χ2v) is 9.20. The SMILES string of the molecule is CC(C)c1cc[n+](CSc2cc3c(nc2C(C)C)COCC3)nc1C(C)C. The van der Waals surface area contributed by atoms with E-state index in [9.17, 15) is 0 Å². The molecule has 0 saturated heterocycles. The van der Waals surface area contributed by atoms with E-state index in [4.69, 9.17) is 14.8 Å². The highest BCUT2D eigenvalue weighted by Crippen LogP contribution is 2.31. The lowest BCUT2D eigenvalue weighted by Crippen LogP contribution is -2.38. The van der Waals surface area contributed by atoms with E-state index in [2.05, 4.69) is 64.6 Å². The molecule has 0 aromatic carbocycles. The summed E-state index contributed by atoms with van der Waals surface area (Å²) in [4.78, 5) is 6.21. The third-order valence-corrected chi connectivity index (χ3v) is 6.00. The number of rotatable bonds is 6. The number of fused-ring (bicyclic) bond motifs is 1. The minimum atomic E-state index is 0.396. The lowest BCUT2D eigenvalue weighted by Gasteiger charge is -2.20. The molecule has 0 spiro atoms. The van der Waals surface area contributed by atoms with Crippen LogP contribution < -0.4 is 4.68 Å². The Morgan fingerprint density at radius 1 is 1.07 bits per heavy atom. The zero-order chi connectivity index (χ0) is 19.6. The molecule has 0 bridgehead atoms. The van der Waals surface area contributed by atoms with Crippen LogP contribution in [0.25, 0.3) is 0 Å². The van der Waals surface area contributed by atoms with Gasteiger partial charge in [-0.2, -0.15) is 0 Å². The van der Waals surface area contributed by atoms with Gasteiger partial charge >= 0.3 is 0 Å². The van der Waals surface area contributed by atoms with E-state index in [1.165, 1.54) is 27.4 Å². The summed E-state index contributed by atoms with van der Waals surface area (Å²) >= 11 is 1.83. The molecule has 0 fully saturated rings. The van der Waals surface area contributed by atoms with Crippen molar-refractivity contribution in [3.63, 3.8) is 0 Å². The van der Waals surface area contributed by atoms with E-state index < -0.39 is 0 Å². The van der Waals surface area contributed by atoms with Crippen LogP contribution in [0.15, 0.2) is 23.2 Å². The number of thioether (sulfide) groups is 1. The average Bonchev–Trinajstić information content (AvgIpc) is 2.65. The summed E-state index contributed by atoms with van der Waals surface area (Å²) in [6.45, 7) is 14.8. The second-order valence-electron chi connectivity index (χ2n) is 8.21. The number of hydrogen-bond acceptors (Lipinski definition) is 4. The molecule has 2 aromatic heterocycles. The Bertz CT molecular complexity index is 802. The summed E-state index contributed by atoms with van der Waals surface area (Å²) in [7, 11) is 0. The summed E-state index contributed by atoms with van der Waals surface area (Å²) in [5.41, 5.74) is 6.18. The van der Waals surface area contributed by atoms with Crippen LogP contribution in [0.5, 0.6) is 0 Å². The van der Waals surface area contributed by atoms with Crippen molar-refractivity contribution in [2.24, 2.45) is 0 Å². The van der Waals surface area contributed by atoms with Crippen LogP contribution in [0.1, 0.15) is 87.5 Å². The van der Waals surface area contributed by atoms with Gasteiger partial charge < -0.3 is 4.74 Å². The number of aromatic nitrogens is 3. The third-order valence-electron chi connectivity index (χ3n) is 4.96. The molecule has 0 radical (unpaired) electrons. The molecule has 0 saturated carbocycles. The Morgan fingerprint density at radius 2 is 1.81 bits per heavy atom. The Kier molecular flexibility index (Phi) is 6.53. The standard InChI is InChI=1S/C22H32N3OS/c1-14(2)18-7-9-25(24-21(18)15(3)4)13-27-20-11-17-8-10-26-12-19(17)23-22(20)16(5)6/h7,9,11,14-16H,8,10,12-13H2,1-6H3/q+1. The van der Waals surface area contributed by atoms with E-state index >= 15 is 0 Å². The zero-order valence-electron chi connectivity index (χ0n) is 17.5. The molecular weight excluding hydrogens is 354 g/mol. The molecular formula is C22H32N3OS+. The first-order valence-corrected chi connectivity index (χ1v) is 11.0. The van der Waals surface area contributed by atoms with E-state index in [1.54, 1.807) is 0 Å². The first-order valence-electron chi connectivity index (χ1n) is 10.0. The number of hydrogen-bond donors (Lipinski definition) is 0. The topological polar surface area (TPSA) is 38.9 Å². The predicted molar refractivity (Wildman–Crippen MR) is 110 cm³/mol. The number of nitrogens with zero attached hydrogens (tertiary/aromatic N) is 3. The first-order chi connectivity index (χ1) is 12.9. The van der Waals surface area contributed by atoms with Gasteiger partial charge in [0.1, 0.15) is 5.69 Å². The fourth-order valence-electron chi connectivity index (χ4n) is 3.44. The largest absolute Gasteiger partial charge is 0.375 e. The molecule has 4 nitrogen and oxygen atoms in total. The lowest BCUT2D eigenvalue weighted by atomic mass is 9.96. The fraction of sp³-hybridized carbons (Fsp3) is 0.591. The van der Waals surface area contributed by atoms with Crippen LogP contribution in [-0.2, 0) is 23.6 Å². The molecule has 2 aromatic rings. The van der Waals surface area contributed by atoms with Gasteiger partial charge in [-0.05, 0) is 40.5 Å². The molecule has 5 heteroatoms. The molecule has 3 rings (SSSR count). The van der Waals surface area contributed by atoms with Crippen LogP contribution in [0.3, 0.4) is 0 Å². The van der Waals surface area contributed by atoms with Crippen LogP contribution in [-0.4, -0.2) is 16.7 Å². The first kappa shape index (κ1) is 20.3. The van der Waals surface area contributed by atoms with Crippen molar-refractivity contribution in [1.29, 1.82) is 0 Å². The highest BCUT2D eigenvalue weighted by molar-refractivity contribution is 7.98. The van der Waals surface area contributed by atoms with Gasteiger partial charge in [-0.1, -0.05) is 58.0 Å². The Morgan fingerprint density at radius 3 is 2.48 bits per heavy atom. The lowest BCUT2D eigenvalue weighted by molar-refractivity contribution is -0.735. The molecule has 27 heavy (non-hydrogen) atoms. The highest BCUT2D eigenvalue weighted by atomic mass is 32.2. The quantitative estimate of drug-likeness (QED) is 0.520. The average molecular weight is 387 g/mol. The minimum Gasteiger partial charge on any atom is -0.375 e. The maximum atomic E-state index is 5.58. The normalized spacial score (nSPS) is 14.3. The second kappa shape index (κ2) is 8.70. The molecule has 1 aliphatic rings. The summed E-state index contributed by atoms with van der Waals surface area (Å²) in [6.07, 6.45) is 3.07. The Labute approximate surface area is 167 Å². The van der Waals surface area contributed by atoms with Crippen LogP contribution in [0, 0.1) is 0 Å². The van der Waals surface area contributed by atoms with Crippen molar-refractivity contribution in [3.05, 3.63) is 46.5 Å². The predicted octanol–water partition coefficient (Wildman–Crippen LogP) is 4.96. The number of ether oxygens (including phenoxy) is 1. The maximum absolute atomic E-state index is 5.58. The highest BCUT2D eigenvalue weighted by Gasteiger charge is 2.20. The number of pyridine rings is 1. The van der Waals surface area contributed by atoms with Crippen molar-refractivity contribution in [3.8, 4) is 0 Å². The molecule has 0 unspecified atom stereocenters. The Balaban J connectivity index is 1.85. The van der Waals surface area contributed by atoms with Gasteiger partial charge in [0.2, 0.25) is 5.88 Å². The summed E-state index contributed by atoms with van der Waals surface area (Å²) in [6, 6.07) is 4.57. The summed E-state index contributed by atoms with van der Waals surface area (Å²) in [5, 5.41) is 4.93. The third kappa shape index (κ3) is 4.69. The fourth-order valence-corrected chi connectivity index (χ4v) is 4.51. The van der Waals surface area contributed by atoms with Crippen molar-refractivity contribution in [2.45, 2.75) is 83.1 Å². The zero-order valence-corrected chi connectivity index (χ0v) is 18.3. The van der Waals surface area contributed by atoms with E-state index in [0.29, 0.717) is 24.4 Å². The van der Waals surface area contributed by atoms with Gasteiger partial charge in [-0.3, -0.25) is 4.98 Å². The summed E-state index contributed by atoms with van der Waals surface area (Å²) in [5.74, 6) is 2.12. The van der Waals surface area contributed by atoms with Crippen LogP contribution >= 0.6 is 11.8 Å². The van der Waals surface area contributed by atoms with E-state index in [-0.39, 0.29) is 0 Å². The van der Waals surface area contributed by atoms with Crippen LogP contribution in [0.2, 0.25) is 0 Å². The van der Waals surface area contributed by atoms with Gasteiger partial charge in [-0.25, -0.2) is 0 Å². The molecule has 0 atom stereocenters. The monoisotopic (exact) mass is 386 g/mol. The van der Waals surface area contributed by atoms with Gasteiger partial charge in [0.25, 0.3) is 0 Å². The van der Waals surface area contributed by atoms with Crippen molar-refractivity contribution >= 4 is 11.8 Å². The van der Waals surface area contributed by atoms with Crippen LogP contribution in [0.4, 0.5) is 0 Å². The van der Waals surface area contributed by atoms with Gasteiger partial charge in [0, 0.05) is 16.9 Å². The summed E-state index contributed by atoms with van der Waals surface area (Å²) < 4.78 is 7.65. The Hall–Kier alpha value is -1.46. The van der Waals surface area contributed by atoms with Crippen molar-refractivity contribution < 1.29 is 9.42 Å². The maximum Gasteiger partial charge on any atom is 0.224 e.